The Labute approximate surface area is 120 Å². The number of piperidine rings is 1. The first-order valence-corrected chi connectivity index (χ1v) is 7.96. The second kappa shape index (κ2) is 5.23. The highest BCUT2D eigenvalue weighted by atomic mass is 16.2. The summed E-state index contributed by atoms with van der Waals surface area (Å²) in [6.07, 6.45) is 8.72. The molecule has 1 aliphatic heterocycles. The molecule has 0 aromatic carbocycles. The highest BCUT2D eigenvalue weighted by Gasteiger charge is 2.49. The van der Waals surface area contributed by atoms with Crippen LogP contribution in [0.15, 0.2) is 11.8 Å². The Kier molecular flexibility index (Phi) is 3.57. The van der Waals surface area contributed by atoms with E-state index in [0.717, 1.165) is 31.5 Å². The second-order valence-electron chi connectivity index (χ2n) is 6.36. The summed E-state index contributed by atoms with van der Waals surface area (Å²) in [4.78, 5) is 26.7. The topological polar surface area (TPSA) is 49.4 Å². The molecule has 1 unspecified atom stereocenters. The van der Waals surface area contributed by atoms with Gasteiger partial charge in [-0.05, 0) is 51.4 Å². The van der Waals surface area contributed by atoms with Crippen molar-refractivity contribution in [3.05, 3.63) is 11.8 Å². The molecule has 0 spiro atoms. The van der Waals surface area contributed by atoms with Crippen LogP contribution in [0.25, 0.3) is 0 Å². The van der Waals surface area contributed by atoms with Crippen LogP contribution in [0.2, 0.25) is 0 Å². The lowest BCUT2D eigenvalue weighted by Gasteiger charge is -2.45. The van der Waals surface area contributed by atoms with Crippen molar-refractivity contribution in [2.75, 3.05) is 13.1 Å². The Balaban J connectivity index is 1.83. The molecule has 1 saturated carbocycles. The molecule has 3 rings (SSSR count). The van der Waals surface area contributed by atoms with Gasteiger partial charge >= 0.3 is 0 Å². The molecule has 2 fully saturated rings. The highest BCUT2D eigenvalue weighted by Crippen LogP contribution is 2.46. The van der Waals surface area contributed by atoms with E-state index < -0.39 is 5.41 Å². The zero-order chi connectivity index (χ0) is 14.2. The molecule has 4 nitrogen and oxygen atoms in total. The monoisotopic (exact) mass is 276 g/mol. The van der Waals surface area contributed by atoms with Gasteiger partial charge in [0, 0.05) is 25.2 Å². The Morgan fingerprint density at radius 3 is 2.95 bits per heavy atom. The smallest absolute Gasteiger partial charge is 0.232 e. The predicted molar refractivity (Wildman–Crippen MR) is 76.7 cm³/mol. The van der Waals surface area contributed by atoms with Crippen LogP contribution in [0.3, 0.4) is 0 Å². The summed E-state index contributed by atoms with van der Waals surface area (Å²) >= 11 is 0. The quantitative estimate of drug-likeness (QED) is 0.856. The minimum absolute atomic E-state index is 0.154. The fourth-order valence-electron chi connectivity index (χ4n) is 3.60. The van der Waals surface area contributed by atoms with Gasteiger partial charge in [-0.15, -0.1) is 0 Å². The van der Waals surface area contributed by atoms with Crippen molar-refractivity contribution in [2.24, 2.45) is 11.3 Å². The van der Waals surface area contributed by atoms with Gasteiger partial charge in [0.15, 0.2) is 0 Å². The second-order valence-corrected chi connectivity index (χ2v) is 6.36. The number of likely N-dealkylation sites (tertiary alicyclic amines) is 1. The Morgan fingerprint density at radius 2 is 2.25 bits per heavy atom. The molecular weight excluding hydrogens is 252 g/mol. The van der Waals surface area contributed by atoms with Crippen LogP contribution in [-0.2, 0) is 9.59 Å². The fourth-order valence-corrected chi connectivity index (χ4v) is 3.60. The average Bonchev–Trinajstić information content (AvgIpc) is 3.29. The summed E-state index contributed by atoms with van der Waals surface area (Å²) in [7, 11) is 0. The highest BCUT2D eigenvalue weighted by molar-refractivity contribution is 5.91. The maximum absolute atomic E-state index is 12.8. The number of nitrogens with one attached hydrogen (secondary N) is 1. The van der Waals surface area contributed by atoms with Crippen molar-refractivity contribution in [1.82, 2.24) is 10.2 Å². The van der Waals surface area contributed by atoms with Gasteiger partial charge in [0.2, 0.25) is 11.8 Å². The number of allylic oxidation sites excluding steroid dienone is 1. The third-order valence-corrected chi connectivity index (χ3v) is 4.99. The maximum atomic E-state index is 12.8. The normalized spacial score (nSPS) is 29.8. The lowest BCUT2D eigenvalue weighted by molar-refractivity contribution is -0.140. The van der Waals surface area contributed by atoms with Crippen molar-refractivity contribution >= 4 is 11.8 Å². The molecule has 3 aliphatic rings. The first-order chi connectivity index (χ1) is 9.67. The van der Waals surface area contributed by atoms with E-state index in [1.165, 1.54) is 12.8 Å². The van der Waals surface area contributed by atoms with Crippen molar-refractivity contribution in [3.8, 4) is 0 Å². The Hall–Kier alpha value is -1.32. The van der Waals surface area contributed by atoms with E-state index in [9.17, 15) is 9.59 Å². The van der Waals surface area contributed by atoms with E-state index in [1.807, 2.05) is 11.8 Å². The molecule has 0 bridgehead atoms. The number of carbonyl (C=O) groups excluding carboxylic acids is 2. The van der Waals surface area contributed by atoms with E-state index >= 15 is 0 Å². The number of nitrogens with zero attached hydrogens (tertiary/aromatic N) is 1. The molecule has 1 saturated heterocycles. The number of amides is 2. The number of rotatable bonds is 4. The average molecular weight is 276 g/mol. The SMILES string of the molecule is CCN1C(=O)CCC2(C(=O)NCC3CC3)CCCC=C12. The Morgan fingerprint density at radius 1 is 1.45 bits per heavy atom. The molecule has 0 radical (unpaired) electrons. The summed E-state index contributed by atoms with van der Waals surface area (Å²) in [5.41, 5.74) is 0.549. The number of hydrogen-bond donors (Lipinski definition) is 1. The van der Waals surface area contributed by atoms with Crippen molar-refractivity contribution in [3.63, 3.8) is 0 Å². The van der Waals surface area contributed by atoms with Gasteiger partial charge in [0.05, 0.1) is 5.41 Å². The van der Waals surface area contributed by atoms with Gasteiger partial charge in [-0.1, -0.05) is 6.08 Å². The van der Waals surface area contributed by atoms with Gasteiger partial charge in [0.1, 0.15) is 0 Å². The molecule has 1 N–H and O–H groups in total. The fraction of sp³-hybridized carbons (Fsp3) is 0.750. The van der Waals surface area contributed by atoms with Crippen LogP contribution >= 0.6 is 0 Å². The van der Waals surface area contributed by atoms with Crippen LogP contribution in [0.1, 0.15) is 51.9 Å². The molecule has 0 aromatic rings. The van der Waals surface area contributed by atoms with Gasteiger partial charge in [-0.3, -0.25) is 9.59 Å². The van der Waals surface area contributed by atoms with Crippen LogP contribution in [-0.4, -0.2) is 29.8 Å². The molecule has 4 heteroatoms. The Bertz CT molecular complexity index is 453. The van der Waals surface area contributed by atoms with Crippen LogP contribution < -0.4 is 5.32 Å². The van der Waals surface area contributed by atoms with E-state index in [4.69, 9.17) is 0 Å². The lowest BCUT2D eigenvalue weighted by Crippen LogP contribution is -2.53. The molecule has 1 heterocycles. The zero-order valence-electron chi connectivity index (χ0n) is 12.3. The third kappa shape index (κ3) is 2.25. The standard InChI is InChI=1S/C16H24N2O2/c1-2-18-13-5-3-4-9-16(13,10-8-14(18)19)15(20)17-11-12-6-7-12/h5,12H,2-4,6-11H2,1H3,(H,17,20). The largest absolute Gasteiger partial charge is 0.355 e. The summed E-state index contributed by atoms with van der Waals surface area (Å²) in [5, 5.41) is 3.15. The minimum Gasteiger partial charge on any atom is -0.355 e. The van der Waals surface area contributed by atoms with Gasteiger partial charge in [0.25, 0.3) is 0 Å². The first kappa shape index (κ1) is 13.7. The van der Waals surface area contributed by atoms with Crippen molar-refractivity contribution < 1.29 is 9.59 Å². The molecule has 2 amide bonds. The lowest BCUT2D eigenvalue weighted by atomic mass is 9.69. The van der Waals surface area contributed by atoms with E-state index in [0.29, 0.717) is 25.3 Å². The summed E-state index contributed by atoms with van der Waals surface area (Å²) < 4.78 is 0. The van der Waals surface area contributed by atoms with Crippen LogP contribution in [0, 0.1) is 11.3 Å². The van der Waals surface area contributed by atoms with E-state index in [-0.39, 0.29) is 11.8 Å². The van der Waals surface area contributed by atoms with Crippen LogP contribution in [0.4, 0.5) is 0 Å². The van der Waals surface area contributed by atoms with Crippen molar-refractivity contribution in [1.29, 1.82) is 0 Å². The number of hydrogen-bond acceptors (Lipinski definition) is 2. The van der Waals surface area contributed by atoms with E-state index in [1.54, 1.807) is 0 Å². The van der Waals surface area contributed by atoms with Crippen LogP contribution in [0.5, 0.6) is 0 Å². The molecule has 2 aliphatic carbocycles. The predicted octanol–water partition coefficient (Wildman–Crippen LogP) is 2.21. The zero-order valence-corrected chi connectivity index (χ0v) is 12.3. The molecule has 0 aromatic heterocycles. The summed E-state index contributed by atoms with van der Waals surface area (Å²) in [6.45, 7) is 3.47. The molecule has 110 valence electrons. The van der Waals surface area contributed by atoms with Gasteiger partial charge < -0.3 is 10.2 Å². The molecule has 1 atom stereocenters. The molecule has 20 heavy (non-hydrogen) atoms. The van der Waals surface area contributed by atoms with Crippen molar-refractivity contribution in [2.45, 2.75) is 51.9 Å². The first-order valence-electron chi connectivity index (χ1n) is 7.96. The summed E-state index contributed by atoms with van der Waals surface area (Å²) in [5.74, 6) is 1.02. The van der Waals surface area contributed by atoms with Gasteiger partial charge in [-0.25, -0.2) is 0 Å². The van der Waals surface area contributed by atoms with E-state index in [2.05, 4.69) is 11.4 Å². The third-order valence-electron chi connectivity index (χ3n) is 4.99. The minimum atomic E-state index is -0.433. The van der Waals surface area contributed by atoms with Gasteiger partial charge in [-0.2, -0.15) is 0 Å². The maximum Gasteiger partial charge on any atom is 0.232 e. The molecular formula is C16H24N2O2. The number of carbonyl (C=O) groups is 2. The summed E-state index contributed by atoms with van der Waals surface area (Å²) in [6, 6.07) is 0. The number of fused-ring (bicyclic) bond motifs is 1.